The number of benzene rings is 3. The number of amides is 1. The van der Waals surface area contributed by atoms with Crippen LogP contribution >= 0.6 is 0 Å². The van der Waals surface area contributed by atoms with Gasteiger partial charge in [-0.25, -0.2) is 14.1 Å². The lowest BCUT2D eigenvalue weighted by atomic mass is 10.1. The first-order chi connectivity index (χ1) is 15.2. The van der Waals surface area contributed by atoms with Gasteiger partial charge in [-0.3, -0.25) is 4.79 Å². The lowest BCUT2D eigenvalue weighted by molar-refractivity contribution is 0.0950. The average Bonchev–Trinajstić information content (AvgIpc) is 3.30. The molecule has 0 aliphatic carbocycles. The fourth-order valence-electron chi connectivity index (χ4n) is 3.10. The Kier molecular flexibility index (Phi) is 6.32. The van der Waals surface area contributed by atoms with Crippen LogP contribution in [0.5, 0.6) is 5.75 Å². The van der Waals surface area contributed by atoms with Gasteiger partial charge >= 0.3 is 0 Å². The molecule has 1 N–H and O–H groups in total. The van der Waals surface area contributed by atoms with E-state index in [1.54, 1.807) is 47.4 Å². The third-order valence-electron chi connectivity index (χ3n) is 4.67. The summed E-state index contributed by atoms with van der Waals surface area (Å²) in [5, 5.41) is 7.05. The summed E-state index contributed by atoms with van der Waals surface area (Å²) in [6.07, 6.45) is 3.17. The zero-order chi connectivity index (χ0) is 21.5. The third-order valence-corrected chi connectivity index (χ3v) is 4.67. The molecule has 1 aromatic heterocycles. The van der Waals surface area contributed by atoms with Gasteiger partial charge in [-0.1, -0.05) is 42.5 Å². The van der Waals surface area contributed by atoms with Crippen LogP contribution in [0.25, 0.3) is 0 Å². The van der Waals surface area contributed by atoms with Gasteiger partial charge < -0.3 is 10.1 Å². The smallest absolute Gasteiger partial charge is 0.251 e. The predicted octanol–water partition coefficient (Wildman–Crippen LogP) is 3.97. The van der Waals surface area contributed by atoms with Crippen molar-refractivity contribution >= 4 is 5.91 Å². The van der Waals surface area contributed by atoms with Gasteiger partial charge in [0.1, 0.15) is 30.8 Å². The Morgan fingerprint density at radius 2 is 1.77 bits per heavy atom. The van der Waals surface area contributed by atoms with Crippen LogP contribution in [0.1, 0.15) is 27.0 Å². The first-order valence-electron chi connectivity index (χ1n) is 9.81. The molecule has 0 saturated carbocycles. The Morgan fingerprint density at radius 3 is 2.58 bits per heavy atom. The quantitative estimate of drug-likeness (QED) is 0.472. The molecule has 7 heteroatoms. The van der Waals surface area contributed by atoms with Crippen molar-refractivity contribution in [3.05, 3.63) is 114 Å². The SMILES string of the molecule is O=C(NCc1cccc(Cn2cncn2)c1)c1cccc(OCc2ccc(F)cc2)c1. The van der Waals surface area contributed by atoms with Gasteiger partial charge in [0.25, 0.3) is 5.91 Å². The molecule has 0 aliphatic rings. The second-order valence-electron chi connectivity index (χ2n) is 7.04. The summed E-state index contributed by atoms with van der Waals surface area (Å²) in [6.45, 7) is 1.32. The van der Waals surface area contributed by atoms with Crippen molar-refractivity contribution < 1.29 is 13.9 Å². The van der Waals surface area contributed by atoms with Crippen molar-refractivity contribution in [2.45, 2.75) is 19.7 Å². The molecule has 0 atom stereocenters. The summed E-state index contributed by atoms with van der Waals surface area (Å²) in [4.78, 5) is 16.5. The summed E-state index contributed by atoms with van der Waals surface area (Å²) in [6, 6.07) is 21.1. The summed E-state index contributed by atoms with van der Waals surface area (Å²) in [5.41, 5.74) is 3.43. The van der Waals surface area contributed by atoms with Crippen LogP contribution in [0.2, 0.25) is 0 Å². The zero-order valence-corrected chi connectivity index (χ0v) is 16.7. The van der Waals surface area contributed by atoms with Gasteiger partial charge in [-0.15, -0.1) is 0 Å². The highest BCUT2D eigenvalue weighted by Crippen LogP contribution is 2.16. The van der Waals surface area contributed by atoms with Crippen molar-refractivity contribution in [3.63, 3.8) is 0 Å². The minimum atomic E-state index is -0.286. The Balaban J connectivity index is 1.33. The van der Waals surface area contributed by atoms with Gasteiger partial charge in [-0.2, -0.15) is 5.10 Å². The summed E-state index contributed by atoms with van der Waals surface area (Å²) >= 11 is 0. The van der Waals surface area contributed by atoms with E-state index in [-0.39, 0.29) is 11.7 Å². The van der Waals surface area contributed by atoms with E-state index in [9.17, 15) is 9.18 Å². The molecule has 4 aromatic rings. The average molecular weight is 416 g/mol. The molecule has 6 nitrogen and oxygen atoms in total. The minimum Gasteiger partial charge on any atom is -0.489 e. The number of carbonyl (C=O) groups is 1. The maximum atomic E-state index is 13.0. The summed E-state index contributed by atoms with van der Waals surface area (Å²) in [5.74, 6) is 0.104. The van der Waals surface area contributed by atoms with Gasteiger partial charge in [0, 0.05) is 12.1 Å². The number of hydrogen-bond donors (Lipinski definition) is 1. The number of nitrogens with zero attached hydrogens (tertiary/aromatic N) is 3. The molecule has 1 amide bonds. The molecule has 0 aliphatic heterocycles. The molecule has 31 heavy (non-hydrogen) atoms. The van der Waals surface area contributed by atoms with Crippen LogP contribution < -0.4 is 10.1 Å². The van der Waals surface area contributed by atoms with Crippen LogP contribution in [0.15, 0.2) is 85.5 Å². The van der Waals surface area contributed by atoms with Gasteiger partial charge in [0.05, 0.1) is 6.54 Å². The van der Waals surface area contributed by atoms with E-state index in [2.05, 4.69) is 15.4 Å². The Morgan fingerprint density at radius 1 is 0.968 bits per heavy atom. The molecule has 1 heterocycles. The number of aromatic nitrogens is 3. The second-order valence-corrected chi connectivity index (χ2v) is 7.04. The molecule has 3 aromatic carbocycles. The lowest BCUT2D eigenvalue weighted by Crippen LogP contribution is -2.22. The molecule has 0 unspecified atom stereocenters. The Labute approximate surface area is 179 Å². The van der Waals surface area contributed by atoms with Crippen molar-refractivity contribution in [2.24, 2.45) is 0 Å². The Hall–Kier alpha value is -4.00. The summed E-state index contributed by atoms with van der Waals surface area (Å²) in [7, 11) is 0. The van der Waals surface area contributed by atoms with Gasteiger partial charge in [-0.05, 0) is 47.0 Å². The third kappa shape index (κ3) is 5.76. The van der Waals surface area contributed by atoms with E-state index in [1.807, 2.05) is 24.3 Å². The van der Waals surface area contributed by atoms with Gasteiger partial charge in [0.15, 0.2) is 0 Å². The molecule has 0 fully saturated rings. The number of carbonyl (C=O) groups excluding carboxylic acids is 1. The predicted molar refractivity (Wildman–Crippen MR) is 114 cm³/mol. The van der Waals surface area contributed by atoms with Crippen molar-refractivity contribution in [2.75, 3.05) is 0 Å². The molecule has 0 radical (unpaired) electrons. The molecule has 4 rings (SSSR count). The van der Waals surface area contributed by atoms with E-state index in [0.717, 1.165) is 16.7 Å². The van der Waals surface area contributed by atoms with Crippen LogP contribution in [0.4, 0.5) is 4.39 Å². The summed E-state index contributed by atoms with van der Waals surface area (Å²) < 4.78 is 20.5. The number of hydrogen-bond acceptors (Lipinski definition) is 4. The highest BCUT2D eigenvalue weighted by molar-refractivity contribution is 5.94. The monoisotopic (exact) mass is 416 g/mol. The first-order valence-corrected chi connectivity index (χ1v) is 9.81. The molecular weight excluding hydrogens is 395 g/mol. The van der Waals surface area contributed by atoms with Gasteiger partial charge in [0.2, 0.25) is 0 Å². The molecule has 0 spiro atoms. The molecule has 156 valence electrons. The minimum absolute atomic E-state index is 0.186. The highest BCUT2D eigenvalue weighted by atomic mass is 19.1. The lowest BCUT2D eigenvalue weighted by Gasteiger charge is -2.10. The maximum Gasteiger partial charge on any atom is 0.251 e. The van der Waals surface area contributed by atoms with Crippen molar-refractivity contribution in [1.82, 2.24) is 20.1 Å². The van der Waals surface area contributed by atoms with Crippen molar-refractivity contribution in [1.29, 1.82) is 0 Å². The van der Waals surface area contributed by atoms with E-state index < -0.39 is 0 Å². The topological polar surface area (TPSA) is 69.0 Å². The number of rotatable bonds is 8. The Bertz CT molecular complexity index is 1140. The maximum absolute atomic E-state index is 13.0. The van der Waals surface area contributed by atoms with E-state index in [1.165, 1.54) is 18.5 Å². The molecule has 0 bridgehead atoms. The van der Waals surface area contributed by atoms with E-state index in [0.29, 0.717) is 31.0 Å². The van der Waals surface area contributed by atoms with Crippen molar-refractivity contribution in [3.8, 4) is 5.75 Å². The van der Waals surface area contributed by atoms with E-state index in [4.69, 9.17) is 4.74 Å². The number of nitrogens with one attached hydrogen (secondary N) is 1. The zero-order valence-electron chi connectivity index (χ0n) is 16.7. The molecule has 0 saturated heterocycles. The van der Waals surface area contributed by atoms with Crippen LogP contribution in [0.3, 0.4) is 0 Å². The fraction of sp³-hybridized carbons (Fsp3) is 0.125. The highest BCUT2D eigenvalue weighted by Gasteiger charge is 2.08. The normalized spacial score (nSPS) is 10.6. The van der Waals surface area contributed by atoms with Crippen LogP contribution in [0, 0.1) is 5.82 Å². The molecular formula is C24H21FN4O2. The largest absolute Gasteiger partial charge is 0.489 e. The standard InChI is InChI=1S/C24H21FN4O2/c25-22-9-7-18(8-10-22)15-31-23-6-2-5-21(12-23)24(30)27-13-19-3-1-4-20(11-19)14-29-17-26-16-28-29/h1-12,16-17H,13-15H2,(H,27,30). The fourth-order valence-corrected chi connectivity index (χ4v) is 3.10. The second kappa shape index (κ2) is 9.67. The number of ether oxygens (including phenoxy) is 1. The first kappa shape index (κ1) is 20.3. The van der Waals surface area contributed by atoms with Crippen LogP contribution in [-0.4, -0.2) is 20.7 Å². The number of halogens is 1. The van der Waals surface area contributed by atoms with E-state index >= 15 is 0 Å². The van der Waals surface area contributed by atoms with Crippen LogP contribution in [-0.2, 0) is 19.7 Å².